The van der Waals surface area contributed by atoms with Gasteiger partial charge in [0.15, 0.2) is 6.61 Å². The number of carboxylic acid groups (broad SMARTS) is 1. The Morgan fingerprint density at radius 1 is 1.38 bits per heavy atom. The molecule has 1 aromatic rings. The predicted octanol–water partition coefficient (Wildman–Crippen LogP) is 1.37. The summed E-state index contributed by atoms with van der Waals surface area (Å²) in [5.74, 6) is -0.769. The number of aliphatic carboxylic acids is 1. The maximum atomic E-state index is 12.4. The van der Waals surface area contributed by atoms with Gasteiger partial charge in [0.05, 0.1) is 17.5 Å². The molecule has 1 N–H and O–H groups in total. The lowest BCUT2D eigenvalue weighted by Crippen LogP contribution is -2.38. The summed E-state index contributed by atoms with van der Waals surface area (Å²) in [5.41, 5.74) is -0.0889. The van der Waals surface area contributed by atoms with E-state index in [4.69, 9.17) is 9.84 Å². The Morgan fingerprint density at radius 3 is 2.85 bits per heavy atom. The van der Waals surface area contributed by atoms with E-state index < -0.39 is 10.9 Å². The highest BCUT2D eigenvalue weighted by molar-refractivity contribution is 5.77. The normalized spacial score (nSPS) is 17.6. The van der Waals surface area contributed by atoms with Crippen molar-refractivity contribution in [2.24, 2.45) is 0 Å². The third-order valence-corrected chi connectivity index (χ3v) is 4.45. The van der Waals surface area contributed by atoms with E-state index in [1.54, 1.807) is 22.9 Å². The van der Waals surface area contributed by atoms with Gasteiger partial charge in [0.2, 0.25) is 0 Å². The maximum absolute atomic E-state index is 12.4. The monoisotopic (exact) mass is 365 g/mol. The molecule has 0 aromatic heterocycles. The van der Waals surface area contributed by atoms with Crippen LogP contribution < -0.4 is 4.74 Å². The molecule has 1 unspecified atom stereocenters. The molecule has 9 heteroatoms. The summed E-state index contributed by atoms with van der Waals surface area (Å²) in [6.45, 7) is 0.922. The summed E-state index contributed by atoms with van der Waals surface area (Å²) in [7, 11) is 1.78. The van der Waals surface area contributed by atoms with E-state index in [-0.39, 0.29) is 36.5 Å². The molecule has 142 valence electrons. The summed E-state index contributed by atoms with van der Waals surface area (Å²) in [6.07, 6.45) is 2.32. The number of carbonyl (C=O) groups is 2. The van der Waals surface area contributed by atoms with Crippen molar-refractivity contribution in [1.82, 2.24) is 9.80 Å². The Kier molecular flexibility index (Phi) is 6.90. The quantitative estimate of drug-likeness (QED) is 0.573. The van der Waals surface area contributed by atoms with Crippen LogP contribution in [0.4, 0.5) is 5.69 Å². The number of nitrogens with zero attached hydrogens (tertiary/aromatic N) is 3. The number of non-ortho nitro benzene ring substituents is 1. The molecule has 1 aromatic carbocycles. The number of nitro benzene ring substituents is 1. The number of rotatable bonds is 7. The number of amides is 1. The first-order valence-corrected chi connectivity index (χ1v) is 8.44. The lowest BCUT2D eigenvalue weighted by atomic mass is 10.1. The molecule has 2 rings (SSSR count). The van der Waals surface area contributed by atoms with Crippen LogP contribution in [0.3, 0.4) is 0 Å². The van der Waals surface area contributed by atoms with E-state index in [1.165, 1.54) is 18.2 Å². The molecule has 0 radical (unpaired) electrons. The average Bonchev–Trinajstić information content (AvgIpc) is 2.85. The topological polar surface area (TPSA) is 113 Å². The number of likely N-dealkylation sites (N-methyl/N-ethyl adjacent to an activating group) is 1. The van der Waals surface area contributed by atoms with Gasteiger partial charge in [-0.3, -0.25) is 24.6 Å². The minimum Gasteiger partial charge on any atom is -0.484 e. The molecule has 1 fully saturated rings. The Balaban J connectivity index is 1.85. The number of carbonyl (C=O) groups excluding carboxylic acids is 1. The molecule has 9 nitrogen and oxygen atoms in total. The molecule has 0 bridgehead atoms. The van der Waals surface area contributed by atoms with Crippen molar-refractivity contribution in [2.45, 2.75) is 25.3 Å². The number of nitro groups is 1. The molecule has 0 saturated carbocycles. The van der Waals surface area contributed by atoms with E-state index >= 15 is 0 Å². The van der Waals surface area contributed by atoms with Gasteiger partial charge in [-0.25, -0.2) is 0 Å². The zero-order valence-electron chi connectivity index (χ0n) is 14.7. The third kappa shape index (κ3) is 5.69. The van der Waals surface area contributed by atoms with Crippen LogP contribution in [-0.2, 0) is 9.59 Å². The molecule has 26 heavy (non-hydrogen) atoms. The van der Waals surface area contributed by atoms with E-state index in [2.05, 4.69) is 0 Å². The van der Waals surface area contributed by atoms with Gasteiger partial charge in [-0.2, -0.15) is 0 Å². The van der Waals surface area contributed by atoms with Crippen molar-refractivity contribution in [3.05, 3.63) is 34.4 Å². The van der Waals surface area contributed by atoms with Crippen molar-refractivity contribution >= 4 is 17.6 Å². The van der Waals surface area contributed by atoms with E-state index in [0.717, 1.165) is 12.8 Å². The lowest BCUT2D eigenvalue weighted by molar-refractivity contribution is -0.384. The fourth-order valence-electron chi connectivity index (χ4n) is 3.03. The van der Waals surface area contributed by atoms with Crippen molar-refractivity contribution in [3.8, 4) is 5.75 Å². The minimum atomic E-state index is -0.866. The first-order chi connectivity index (χ1) is 12.4. The fraction of sp³-hybridized carbons (Fsp3) is 0.529. The Bertz CT molecular complexity index is 666. The van der Waals surface area contributed by atoms with Crippen LogP contribution >= 0.6 is 0 Å². The fourth-order valence-corrected chi connectivity index (χ4v) is 3.03. The number of hydrogen-bond acceptors (Lipinski definition) is 6. The first-order valence-electron chi connectivity index (χ1n) is 8.44. The standard InChI is InChI=1S/C17H23N3O6/c1-18(11-17(22)23)13-5-3-8-19(9-7-13)16(21)12-26-15-6-2-4-14(10-15)20(24)25/h2,4,6,10,13H,3,5,7-9,11-12H2,1H3,(H,22,23). The summed E-state index contributed by atoms with van der Waals surface area (Å²) in [5, 5.41) is 19.7. The average molecular weight is 365 g/mol. The van der Waals surface area contributed by atoms with Crippen molar-refractivity contribution in [2.75, 3.05) is 33.3 Å². The summed E-state index contributed by atoms with van der Waals surface area (Å²) in [6, 6.07) is 5.84. The van der Waals surface area contributed by atoms with E-state index in [0.29, 0.717) is 19.5 Å². The highest BCUT2D eigenvalue weighted by Crippen LogP contribution is 2.20. The zero-order valence-corrected chi connectivity index (χ0v) is 14.7. The summed E-state index contributed by atoms with van der Waals surface area (Å²) >= 11 is 0. The molecule has 0 aliphatic carbocycles. The van der Waals surface area contributed by atoms with Crippen LogP contribution in [0, 0.1) is 10.1 Å². The molecule has 1 heterocycles. The van der Waals surface area contributed by atoms with Crippen molar-refractivity contribution in [1.29, 1.82) is 0 Å². The lowest BCUT2D eigenvalue weighted by Gasteiger charge is -2.25. The van der Waals surface area contributed by atoms with Gasteiger partial charge in [-0.05, 0) is 32.4 Å². The number of likely N-dealkylation sites (tertiary alicyclic amines) is 1. The molecular formula is C17H23N3O6. The highest BCUT2D eigenvalue weighted by atomic mass is 16.6. The molecule has 1 aliphatic heterocycles. The molecule has 1 saturated heterocycles. The van der Waals surface area contributed by atoms with E-state index in [9.17, 15) is 19.7 Å². The van der Waals surface area contributed by atoms with Crippen LogP contribution in [0.15, 0.2) is 24.3 Å². The largest absolute Gasteiger partial charge is 0.484 e. The van der Waals surface area contributed by atoms with E-state index in [1.807, 2.05) is 0 Å². The molecule has 1 aliphatic rings. The second kappa shape index (κ2) is 9.14. The van der Waals surface area contributed by atoms with Gasteiger partial charge in [0.1, 0.15) is 5.75 Å². The number of ether oxygens (including phenoxy) is 1. The molecule has 0 spiro atoms. The van der Waals surface area contributed by atoms with Gasteiger partial charge in [0, 0.05) is 25.2 Å². The first kappa shape index (κ1) is 19.6. The maximum Gasteiger partial charge on any atom is 0.317 e. The Morgan fingerprint density at radius 2 is 2.15 bits per heavy atom. The predicted molar refractivity (Wildman–Crippen MR) is 93.1 cm³/mol. The van der Waals surface area contributed by atoms with Gasteiger partial charge in [0.25, 0.3) is 11.6 Å². The second-order valence-electron chi connectivity index (χ2n) is 6.32. The van der Waals surface area contributed by atoms with Crippen LogP contribution in [0.2, 0.25) is 0 Å². The smallest absolute Gasteiger partial charge is 0.317 e. The molecule has 1 atom stereocenters. The summed E-state index contributed by atoms with van der Waals surface area (Å²) < 4.78 is 5.40. The number of carboxylic acids is 1. The Hall–Kier alpha value is -2.68. The van der Waals surface area contributed by atoms with Crippen molar-refractivity contribution < 1.29 is 24.4 Å². The van der Waals surface area contributed by atoms with Gasteiger partial charge in [-0.1, -0.05) is 6.07 Å². The number of benzene rings is 1. The molecule has 1 amide bonds. The molecular weight excluding hydrogens is 342 g/mol. The van der Waals surface area contributed by atoms with Gasteiger partial charge < -0.3 is 14.7 Å². The van der Waals surface area contributed by atoms with Crippen LogP contribution in [0.25, 0.3) is 0 Å². The van der Waals surface area contributed by atoms with Crippen LogP contribution in [0.1, 0.15) is 19.3 Å². The van der Waals surface area contributed by atoms with Crippen LogP contribution in [-0.4, -0.2) is 71.0 Å². The SMILES string of the molecule is CN(CC(=O)O)C1CCCN(C(=O)COc2cccc([N+](=O)[O-])c2)CC1. The zero-order chi connectivity index (χ0) is 19.1. The highest BCUT2D eigenvalue weighted by Gasteiger charge is 2.24. The van der Waals surface area contributed by atoms with Gasteiger partial charge >= 0.3 is 5.97 Å². The number of hydrogen-bond donors (Lipinski definition) is 1. The van der Waals surface area contributed by atoms with Gasteiger partial charge in [-0.15, -0.1) is 0 Å². The Labute approximate surface area is 151 Å². The third-order valence-electron chi connectivity index (χ3n) is 4.45. The second-order valence-corrected chi connectivity index (χ2v) is 6.32. The van der Waals surface area contributed by atoms with Crippen molar-refractivity contribution in [3.63, 3.8) is 0 Å². The van der Waals surface area contributed by atoms with Crippen LogP contribution in [0.5, 0.6) is 5.75 Å². The summed E-state index contributed by atoms with van der Waals surface area (Å²) in [4.78, 5) is 36.9. The minimum absolute atomic E-state index is 0.0193.